The molecule has 3 amide bonds. The van der Waals surface area contributed by atoms with E-state index in [0.29, 0.717) is 84.7 Å². The van der Waals surface area contributed by atoms with Crippen LogP contribution in [-0.2, 0) is 44.6 Å². The maximum absolute atomic E-state index is 12.2. The summed E-state index contributed by atoms with van der Waals surface area (Å²) in [7, 11) is 0. The summed E-state index contributed by atoms with van der Waals surface area (Å²) < 4.78 is 32.7. The van der Waals surface area contributed by atoms with E-state index in [1.165, 1.54) is 22.7 Å². The summed E-state index contributed by atoms with van der Waals surface area (Å²) in [5.74, 6) is -1.24. The fourth-order valence-corrected chi connectivity index (χ4v) is 9.18. The zero-order valence-electron chi connectivity index (χ0n) is 28.4. The quantitative estimate of drug-likeness (QED) is 0.178. The highest BCUT2D eigenvalue weighted by molar-refractivity contribution is 7.17. The van der Waals surface area contributed by atoms with E-state index in [0.717, 1.165) is 33.7 Å². The number of benzene rings is 2. The standard InChI is InChI=1S/C18H18N2O5S.C11H14N2O3S.C7H5ClO2/c19-15(21)14-12-6-7-18(23-8-9-24-18)10-13(12)26-16(14)20-17(22)25-11-4-2-1-3-5-11;12-9(14)8-6-1-2-11(15-3-4-16-11)5-7(6)17-10(8)13;8-7(9)10-6-4-2-1-3-5-6/h1-5H,6-10H2,(H2,19,21)(H,20,22);1-5,13H2,(H2,12,14);1-5H. The van der Waals surface area contributed by atoms with Crippen LogP contribution in [0.3, 0.4) is 0 Å². The first-order chi connectivity index (χ1) is 25.5. The molecule has 0 unspecified atom stereocenters. The van der Waals surface area contributed by atoms with E-state index >= 15 is 0 Å². The van der Waals surface area contributed by atoms with Crippen LogP contribution in [0.5, 0.6) is 11.5 Å². The van der Waals surface area contributed by atoms with E-state index in [1.54, 1.807) is 48.5 Å². The molecule has 14 nitrogen and oxygen atoms in total. The maximum Gasteiger partial charge on any atom is 0.417 e. The maximum atomic E-state index is 12.2. The molecule has 4 aliphatic rings. The molecule has 17 heteroatoms. The number of thiophene rings is 2. The number of primary amides is 2. The number of hydrogen-bond acceptors (Lipinski definition) is 13. The van der Waals surface area contributed by atoms with Crippen LogP contribution in [0.4, 0.5) is 19.6 Å². The van der Waals surface area contributed by atoms with Crippen LogP contribution >= 0.6 is 34.3 Å². The topological polar surface area (TPSA) is 214 Å². The molecule has 2 spiro atoms. The molecule has 2 aromatic heterocycles. The summed E-state index contributed by atoms with van der Waals surface area (Å²) >= 11 is 7.69. The third-order valence-corrected chi connectivity index (χ3v) is 11.1. The molecule has 7 N–H and O–H groups in total. The van der Waals surface area contributed by atoms with Crippen molar-refractivity contribution >= 4 is 67.6 Å². The second kappa shape index (κ2) is 16.6. The van der Waals surface area contributed by atoms with Gasteiger partial charge in [-0.05, 0) is 48.2 Å². The van der Waals surface area contributed by atoms with Crippen molar-refractivity contribution in [3.63, 3.8) is 0 Å². The monoisotopic (exact) mass is 784 g/mol. The lowest BCUT2D eigenvalue weighted by atomic mass is 9.90. The number of fused-ring (bicyclic) bond motifs is 2. The van der Waals surface area contributed by atoms with Crippen molar-refractivity contribution in [3.8, 4) is 11.5 Å². The Bertz CT molecular complexity index is 1960. The second-order valence-corrected chi connectivity index (χ2v) is 14.8. The molecule has 2 saturated heterocycles. The highest BCUT2D eigenvalue weighted by Crippen LogP contribution is 2.44. The first-order valence-corrected chi connectivity index (χ1v) is 18.6. The van der Waals surface area contributed by atoms with E-state index in [-0.39, 0.29) is 0 Å². The van der Waals surface area contributed by atoms with Gasteiger partial charge in [-0.3, -0.25) is 14.9 Å². The zero-order chi connectivity index (χ0) is 37.6. The van der Waals surface area contributed by atoms with Crippen LogP contribution in [0.2, 0.25) is 0 Å². The minimum atomic E-state index is -0.814. The lowest BCUT2D eigenvalue weighted by Gasteiger charge is -2.31. The number of para-hydroxylation sites is 2. The number of nitrogens with two attached hydrogens (primary N) is 3. The molecule has 2 aliphatic carbocycles. The van der Waals surface area contributed by atoms with Gasteiger partial charge >= 0.3 is 11.5 Å². The SMILES string of the molecule is NC(=O)c1c(N)sc2c1CCC1(C2)OCCO1.NC(=O)c1c(NC(=O)Oc2ccccc2)sc2c1CCC1(C2)OCCO1.O=C(Cl)Oc1ccccc1. The average Bonchev–Trinajstić information content (AvgIpc) is 3.91. The Labute approximate surface area is 317 Å². The first-order valence-electron chi connectivity index (χ1n) is 16.6. The Morgan fingerprint density at radius 2 is 1.13 bits per heavy atom. The van der Waals surface area contributed by atoms with Gasteiger partial charge in [0.05, 0.1) is 42.6 Å². The summed E-state index contributed by atoms with van der Waals surface area (Å²) in [6.45, 7) is 2.41. The van der Waals surface area contributed by atoms with Crippen molar-refractivity contribution in [2.45, 2.75) is 50.1 Å². The Morgan fingerprint density at radius 3 is 1.60 bits per heavy atom. The number of carbonyl (C=O) groups is 4. The fourth-order valence-electron chi connectivity index (χ4n) is 6.56. The molecular weight excluding hydrogens is 748 g/mol. The van der Waals surface area contributed by atoms with Crippen molar-refractivity contribution in [2.75, 3.05) is 37.5 Å². The smallest absolute Gasteiger partial charge is 0.415 e. The number of nitrogen functional groups attached to an aromatic ring is 1. The van der Waals surface area contributed by atoms with Crippen molar-refractivity contribution in [1.82, 2.24) is 0 Å². The average molecular weight is 785 g/mol. The van der Waals surface area contributed by atoms with Crippen LogP contribution in [-0.4, -0.2) is 61.3 Å². The number of halogens is 1. The lowest BCUT2D eigenvalue weighted by molar-refractivity contribution is -0.163. The highest BCUT2D eigenvalue weighted by atomic mass is 35.5. The predicted molar refractivity (Wildman–Crippen MR) is 198 cm³/mol. The van der Waals surface area contributed by atoms with Gasteiger partial charge in [-0.15, -0.1) is 22.7 Å². The summed E-state index contributed by atoms with van der Waals surface area (Å²) in [6.07, 6.45) is 3.32. The van der Waals surface area contributed by atoms with Gasteiger partial charge in [0.15, 0.2) is 11.6 Å². The number of amides is 3. The van der Waals surface area contributed by atoms with Gasteiger partial charge in [-0.25, -0.2) is 9.59 Å². The molecule has 0 radical (unpaired) electrons. The van der Waals surface area contributed by atoms with Gasteiger partial charge in [0.25, 0.3) is 11.8 Å². The van der Waals surface area contributed by atoms with Gasteiger partial charge in [0.2, 0.25) is 0 Å². The number of nitrogens with one attached hydrogen (secondary N) is 1. The molecular formula is C36H37ClN4O10S2. The van der Waals surface area contributed by atoms with Crippen LogP contribution in [0.15, 0.2) is 60.7 Å². The molecule has 0 atom stereocenters. The van der Waals surface area contributed by atoms with Gasteiger partial charge < -0.3 is 45.6 Å². The van der Waals surface area contributed by atoms with E-state index in [9.17, 15) is 19.2 Å². The second-order valence-electron chi connectivity index (χ2n) is 12.2. The molecule has 280 valence electrons. The van der Waals surface area contributed by atoms with Gasteiger partial charge in [-0.2, -0.15) is 0 Å². The largest absolute Gasteiger partial charge is 0.417 e. The Morgan fingerprint density at radius 1 is 0.679 bits per heavy atom. The molecule has 4 heterocycles. The third-order valence-electron chi connectivity index (χ3n) is 8.81. The van der Waals surface area contributed by atoms with Crippen LogP contribution in [0.25, 0.3) is 0 Å². The summed E-state index contributed by atoms with van der Waals surface area (Å²) in [5, 5.41) is 3.56. The Kier molecular flexibility index (Phi) is 12.0. The lowest BCUT2D eigenvalue weighted by Crippen LogP contribution is -2.36. The van der Waals surface area contributed by atoms with Gasteiger partial charge in [0, 0.05) is 47.0 Å². The normalized spacial score (nSPS) is 17.3. The molecule has 0 saturated carbocycles. The molecule has 8 rings (SSSR count). The summed E-state index contributed by atoms with van der Waals surface area (Å²) in [4.78, 5) is 47.7. The number of hydrogen-bond donors (Lipinski definition) is 4. The van der Waals surface area contributed by atoms with E-state index in [1.807, 2.05) is 12.1 Å². The minimum absolute atomic E-state index is 0.350. The van der Waals surface area contributed by atoms with Crippen LogP contribution in [0, 0.1) is 0 Å². The highest BCUT2D eigenvalue weighted by Gasteiger charge is 2.43. The molecule has 2 aromatic carbocycles. The summed E-state index contributed by atoms with van der Waals surface area (Å²) in [6, 6.07) is 17.4. The van der Waals surface area contributed by atoms with Crippen molar-refractivity contribution < 1.29 is 47.6 Å². The van der Waals surface area contributed by atoms with E-state index < -0.39 is 34.9 Å². The van der Waals surface area contributed by atoms with E-state index in [4.69, 9.17) is 52.5 Å². The van der Waals surface area contributed by atoms with E-state index in [2.05, 4.69) is 10.1 Å². The number of rotatable bonds is 5. The molecule has 0 bridgehead atoms. The first kappa shape index (κ1) is 38.2. The molecule has 2 fully saturated rings. The Balaban J connectivity index is 0.000000152. The van der Waals surface area contributed by atoms with Gasteiger partial charge in [-0.1, -0.05) is 36.4 Å². The number of ether oxygens (including phenoxy) is 6. The minimum Gasteiger partial charge on any atom is -0.415 e. The number of anilines is 2. The molecule has 2 aliphatic heterocycles. The van der Waals surface area contributed by atoms with Crippen molar-refractivity contribution in [1.29, 1.82) is 0 Å². The van der Waals surface area contributed by atoms with Crippen molar-refractivity contribution in [2.24, 2.45) is 11.5 Å². The van der Waals surface area contributed by atoms with Crippen LogP contribution in [0.1, 0.15) is 54.4 Å². The van der Waals surface area contributed by atoms with Gasteiger partial charge in [0.1, 0.15) is 16.5 Å². The predicted octanol–water partition coefficient (Wildman–Crippen LogP) is 5.77. The fraction of sp³-hybridized carbons (Fsp3) is 0.333. The Hall–Kier alpha value is -4.55. The molecule has 53 heavy (non-hydrogen) atoms. The molecule has 4 aromatic rings. The zero-order valence-corrected chi connectivity index (χ0v) is 30.7. The van der Waals surface area contributed by atoms with Crippen LogP contribution < -0.4 is 32.0 Å². The summed E-state index contributed by atoms with van der Waals surface area (Å²) in [5.41, 5.74) is 18.7. The third kappa shape index (κ3) is 9.16. The van der Waals surface area contributed by atoms with Crippen molar-refractivity contribution in [3.05, 3.63) is 92.7 Å². The number of carbonyl (C=O) groups excluding carboxylic acids is 4.